The molecule has 2 aromatic rings. The van der Waals surface area contributed by atoms with E-state index < -0.39 is 0 Å². The molecule has 0 saturated carbocycles. The van der Waals surface area contributed by atoms with Gasteiger partial charge in [-0.25, -0.2) is 0 Å². The van der Waals surface area contributed by atoms with Gasteiger partial charge in [0, 0.05) is 51.6 Å². The maximum atomic E-state index is 12.1. The third-order valence-electron chi connectivity index (χ3n) is 6.16. The van der Waals surface area contributed by atoms with Crippen LogP contribution in [-0.2, 0) is 27.4 Å². The van der Waals surface area contributed by atoms with Crippen LogP contribution in [0, 0.1) is 0 Å². The number of hydrogen-bond acceptors (Lipinski definition) is 5. The SMILES string of the molecule is O=C(CCOCC1CCCO1)Nc1ccc(CN2CCN(Cc3ccccc3)CC2)cc1. The van der Waals surface area contributed by atoms with Crippen molar-refractivity contribution < 1.29 is 14.3 Å². The Morgan fingerprint density at radius 1 is 0.938 bits per heavy atom. The number of carbonyl (C=O) groups is 1. The molecule has 0 bridgehead atoms. The summed E-state index contributed by atoms with van der Waals surface area (Å²) >= 11 is 0. The molecular weight excluding hydrogens is 402 g/mol. The molecular formula is C26H35N3O3. The summed E-state index contributed by atoms with van der Waals surface area (Å²) in [6, 6.07) is 18.9. The smallest absolute Gasteiger partial charge is 0.226 e. The van der Waals surface area contributed by atoms with Crippen LogP contribution in [0.2, 0.25) is 0 Å². The molecule has 1 unspecified atom stereocenters. The van der Waals surface area contributed by atoms with E-state index in [4.69, 9.17) is 9.47 Å². The van der Waals surface area contributed by atoms with Crippen LogP contribution in [0.25, 0.3) is 0 Å². The van der Waals surface area contributed by atoms with Gasteiger partial charge >= 0.3 is 0 Å². The summed E-state index contributed by atoms with van der Waals surface area (Å²) in [5, 5.41) is 2.96. The summed E-state index contributed by atoms with van der Waals surface area (Å²) in [6.45, 7) is 8.18. The van der Waals surface area contributed by atoms with E-state index in [1.807, 2.05) is 12.1 Å². The fraction of sp³-hybridized carbons (Fsp3) is 0.500. The molecule has 2 aliphatic heterocycles. The van der Waals surface area contributed by atoms with Crippen molar-refractivity contribution in [3.05, 3.63) is 65.7 Å². The third-order valence-corrected chi connectivity index (χ3v) is 6.16. The molecule has 0 spiro atoms. The molecule has 1 atom stereocenters. The predicted molar refractivity (Wildman–Crippen MR) is 126 cm³/mol. The molecule has 2 aliphatic rings. The number of hydrogen-bond donors (Lipinski definition) is 1. The van der Waals surface area contributed by atoms with Gasteiger partial charge < -0.3 is 14.8 Å². The lowest BCUT2D eigenvalue weighted by atomic mass is 10.1. The average Bonchev–Trinajstić information content (AvgIpc) is 3.34. The molecule has 4 rings (SSSR count). The summed E-state index contributed by atoms with van der Waals surface area (Å²) in [5.41, 5.74) is 3.50. The molecule has 1 N–H and O–H groups in total. The fourth-order valence-corrected chi connectivity index (χ4v) is 4.28. The highest BCUT2D eigenvalue weighted by Crippen LogP contribution is 2.15. The van der Waals surface area contributed by atoms with Gasteiger partial charge in [0.15, 0.2) is 0 Å². The first-order valence-corrected chi connectivity index (χ1v) is 11.8. The molecule has 0 radical (unpaired) electrons. The van der Waals surface area contributed by atoms with Crippen LogP contribution in [0.5, 0.6) is 0 Å². The molecule has 32 heavy (non-hydrogen) atoms. The van der Waals surface area contributed by atoms with Gasteiger partial charge in [-0.3, -0.25) is 14.6 Å². The Bertz CT molecular complexity index is 814. The van der Waals surface area contributed by atoms with Gasteiger partial charge in [0.2, 0.25) is 5.91 Å². The zero-order valence-corrected chi connectivity index (χ0v) is 18.9. The maximum absolute atomic E-state index is 12.1. The lowest BCUT2D eigenvalue weighted by Crippen LogP contribution is -2.45. The topological polar surface area (TPSA) is 54.0 Å². The van der Waals surface area contributed by atoms with E-state index in [0.717, 1.165) is 64.4 Å². The Labute approximate surface area is 191 Å². The highest BCUT2D eigenvalue weighted by Gasteiger charge is 2.17. The molecule has 2 heterocycles. The van der Waals surface area contributed by atoms with Gasteiger partial charge in [-0.15, -0.1) is 0 Å². The summed E-state index contributed by atoms with van der Waals surface area (Å²) in [4.78, 5) is 17.2. The highest BCUT2D eigenvalue weighted by molar-refractivity contribution is 5.90. The summed E-state index contributed by atoms with van der Waals surface area (Å²) < 4.78 is 11.1. The molecule has 1 amide bonds. The Balaban J connectivity index is 1.12. The normalized spacial score (nSPS) is 19.8. The first kappa shape index (κ1) is 22.9. The molecule has 0 aliphatic carbocycles. The van der Waals surface area contributed by atoms with E-state index >= 15 is 0 Å². The van der Waals surface area contributed by atoms with Crippen LogP contribution >= 0.6 is 0 Å². The van der Waals surface area contributed by atoms with Crippen molar-refractivity contribution in [2.75, 3.05) is 51.3 Å². The summed E-state index contributed by atoms with van der Waals surface area (Å²) in [5.74, 6) is -0.0142. The monoisotopic (exact) mass is 437 g/mol. The number of benzene rings is 2. The Hall–Kier alpha value is -2.25. The Morgan fingerprint density at radius 2 is 1.59 bits per heavy atom. The van der Waals surface area contributed by atoms with E-state index in [-0.39, 0.29) is 12.0 Å². The number of anilines is 1. The van der Waals surface area contributed by atoms with Crippen LogP contribution in [-0.4, -0.2) is 67.8 Å². The number of piperazine rings is 1. The van der Waals surface area contributed by atoms with E-state index in [0.29, 0.717) is 19.6 Å². The fourth-order valence-electron chi connectivity index (χ4n) is 4.28. The number of nitrogens with one attached hydrogen (secondary N) is 1. The lowest BCUT2D eigenvalue weighted by molar-refractivity contribution is -0.117. The molecule has 2 aromatic carbocycles. The van der Waals surface area contributed by atoms with Crippen molar-refractivity contribution in [2.45, 2.75) is 38.5 Å². The van der Waals surface area contributed by atoms with Crippen LogP contribution in [0.3, 0.4) is 0 Å². The quantitative estimate of drug-likeness (QED) is 0.577. The van der Waals surface area contributed by atoms with Gasteiger partial charge in [-0.2, -0.15) is 0 Å². The first-order valence-electron chi connectivity index (χ1n) is 11.8. The van der Waals surface area contributed by atoms with Crippen molar-refractivity contribution in [3.63, 3.8) is 0 Å². The van der Waals surface area contributed by atoms with Crippen molar-refractivity contribution in [1.29, 1.82) is 0 Å². The van der Waals surface area contributed by atoms with Gasteiger partial charge in [0.05, 0.1) is 25.7 Å². The minimum Gasteiger partial charge on any atom is -0.378 e. The Morgan fingerprint density at radius 3 is 2.22 bits per heavy atom. The molecule has 6 nitrogen and oxygen atoms in total. The molecule has 172 valence electrons. The number of rotatable bonds is 10. The summed E-state index contributed by atoms with van der Waals surface area (Å²) in [6.07, 6.45) is 2.73. The summed E-state index contributed by atoms with van der Waals surface area (Å²) in [7, 11) is 0. The van der Waals surface area contributed by atoms with E-state index in [2.05, 4.69) is 57.6 Å². The van der Waals surface area contributed by atoms with Crippen molar-refractivity contribution in [2.24, 2.45) is 0 Å². The molecule has 2 saturated heterocycles. The Kier molecular flexibility index (Phi) is 8.68. The number of ether oxygens (including phenoxy) is 2. The zero-order valence-electron chi connectivity index (χ0n) is 18.9. The standard InChI is InChI=1S/C26H35N3O3/c30-26(12-18-31-21-25-7-4-17-32-25)27-24-10-8-23(9-11-24)20-29-15-13-28(14-16-29)19-22-5-2-1-3-6-22/h1-3,5-6,8-11,25H,4,7,12-21H2,(H,27,30). The second kappa shape index (κ2) is 12.1. The van der Waals surface area contributed by atoms with E-state index in [9.17, 15) is 4.79 Å². The van der Waals surface area contributed by atoms with Crippen LogP contribution in [0.4, 0.5) is 5.69 Å². The number of nitrogens with zero attached hydrogens (tertiary/aromatic N) is 2. The van der Waals surface area contributed by atoms with E-state index in [1.165, 1.54) is 11.1 Å². The minimum atomic E-state index is -0.0142. The lowest BCUT2D eigenvalue weighted by Gasteiger charge is -2.34. The zero-order chi connectivity index (χ0) is 22.0. The number of carbonyl (C=O) groups excluding carboxylic acids is 1. The maximum Gasteiger partial charge on any atom is 0.226 e. The van der Waals surface area contributed by atoms with Crippen molar-refractivity contribution >= 4 is 11.6 Å². The molecule has 0 aromatic heterocycles. The molecule has 2 fully saturated rings. The largest absolute Gasteiger partial charge is 0.378 e. The van der Waals surface area contributed by atoms with Crippen LogP contribution in [0.1, 0.15) is 30.4 Å². The van der Waals surface area contributed by atoms with Crippen molar-refractivity contribution in [3.8, 4) is 0 Å². The van der Waals surface area contributed by atoms with Crippen LogP contribution < -0.4 is 5.32 Å². The molecule has 6 heteroatoms. The predicted octanol–water partition coefficient (Wildman–Crippen LogP) is 3.53. The van der Waals surface area contributed by atoms with Crippen molar-refractivity contribution in [1.82, 2.24) is 9.80 Å². The van der Waals surface area contributed by atoms with Gasteiger partial charge in [0.1, 0.15) is 0 Å². The first-order chi connectivity index (χ1) is 15.7. The van der Waals surface area contributed by atoms with Crippen LogP contribution in [0.15, 0.2) is 54.6 Å². The van der Waals surface area contributed by atoms with Gasteiger partial charge in [-0.05, 0) is 36.1 Å². The van der Waals surface area contributed by atoms with Gasteiger partial charge in [-0.1, -0.05) is 42.5 Å². The third kappa shape index (κ3) is 7.41. The van der Waals surface area contributed by atoms with E-state index in [1.54, 1.807) is 0 Å². The second-order valence-electron chi connectivity index (χ2n) is 8.74. The average molecular weight is 438 g/mol. The van der Waals surface area contributed by atoms with Gasteiger partial charge in [0.25, 0.3) is 0 Å². The second-order valence-corrected chi connectivity index (χ2v) is 8.74. The minimum absolute atomic E-state index is 0.0142. The number of amides is 1. The highest BCUT2D eigenvalue weighted by atomic mass is 16.5.